The van der Waals surface area contributed by atoms with Gasteiger partial charge in [-0.15, -0.1) is 11.3 Å². The van der Waals surface area contributed by atoms with Crippen molar-refractivity contribution in [1.29, 1.82) is 0 Å². The van der Waals surface area contributed by atoms with E-state index in [2.05, 4.69) is 20.3 Å². The minimum Gasteiger partial charge on any atom is -0.386 e. The lowest BCUT2D eigenvalue weighted by molar-refractivity contribution is 0.0576. The van der Waals surface area contributed by atoms with Crippen molar-refractivity contribution in [2.24, 2.45) is 0 Å². The lowest BCUT2D eigenvalue weighted by atomic mass is 10.0. The highest BCUT2D eigenvalue weighted by Gasteiger charge is 2.37. The molecule has 1 aliphatic heterocycles. The molecule has 7 nitrogen and oxygen atoms in total. The number of amides is 1. The molecular formula is C16H21N5O2S. The standard InChI is InChI=1S/C16H21N5O2S/c1-10-6-13(19-9-18-10)21-5-4-16(23,8-21)7-17-15(22)14-11(2)20-12(3)24-14/h6,9,23H,4-5,7-8H2,1-3H3,(H,17,22). The first-order chi connectivity index (χ1) is 11.4. The lowest BCUT2D eigenvalue weighted by Crippen LogP contribution is -2.45. The van der Waals surface area contributed by atoms with Gasteiger partial charge in [-0.2, -0.15) is 0 Å². The van der Waals surface area contributed by atoms with Gasteiger partial charge in [-0.25, -0.2) is 15.0 Å². The highest BCUT2D eigenvalue weighted by Crippen LogP contribution is 2.25. The van der Waals surface area contributed by atoms with E-state index in [0.29, 0.717) is 24.4 Å². The highest BCUT2D eigenvalue weighted by atomic mass is 32.1. The van der Waals surface area contributed by atoms with Crippen molar-refractivity contribution >= 4 is 23.1 Å². The second-order valence-corrected chi connectivity index (χ2v) is 7.45. The van der Waals surface area contributed by atoms with Crippen molar-refractivity contribution in [3.05, 3.63) is 33.7 Å². The number of nitrogens with one attached hydrogen (secondary N) is 1. The molecule has 0 saturated carbocycles. The third-order valence-corrected chi connectivity index (χ3v) is 5.21. The average Bonchev–Trinajstić information content (AvgIpc) is 3.08. The second-order valence-electron chi connectivity index (χ2n) is 6.24. The number of aryl methyl sites for hydroxylation is 3. The van der Waals surface area contributed by atoms with Crippen molar-refractivity contribution in [3.8, 4) is 0 Å². The maximum absolute atomic E-state index is 12.3. The molecule has 2 aromatic rings. The summed E-state index contributed by atoms with van der Waals surface area (Å²) in [7, 11) is 0. The van der Waals surface area contributed by atoms with Crippen molar-refractivity contribution in [1.82, 2.24) is 20.3 Å². The number of thiazole rings is 1. The number of aliphatic hydroxyl groups is 1. The number of hydrogen-bond donors (Lipinski definition) is 2. The van der Waals surface area contributed by atoms with E-state index in [1.807, 2.05) is 31.7 Å². The number of β-amino-alcohol motifs (C(OH)–C–C–N with tert-alkyl or cyclic N) is 1. The summed E-state index contributed by atoms with van der Waals surface area (Å²) in [6.45, 7) is 6.95. The molecule has 1 atom stereocenters. The quantitative estimate of drug-likeness (QED) is 0.864. The number of rotatable bonds is 4. The molecule has 0 aromatic carbocycles. The van der Waals surface area contributed by atoms with Gasteiger partial charge >= 0.3 is 0 Å². The first kappa shape index (κ1) is 16.8. The van der Waals surface area contributed by atoms with Crippen molar-refractivity contribution in [3.63, 3.8) is 0 Å². The van der Waals surface area contributed by atoms with Crippen molar-refractivity contribution < 1.29 is 9.90 Å². The zero-order chi connectivity index (χ0) is 17.3. The minimum atomic E-state index is -0.956. The van der Waals surface area contributed by atoms with Crippen LogP contribution < -0.4 is 10.2 Å². The zero-order valence-electron chi connectivity index (χ0n) is 14.0. The molecule has 128 valence electrons. The van der Waals surface area contributed by atoms with Crippen LogP contribution in [0.3, 0.4) is 0 Å². The van der Waals surface area contributed by atoms with Gasteiger partial charge in [0.05, 0.1) is 10.7 Å². The molecule has 3 heterocycles. The molecule has 2 N–H and O–H groups in total. The van der Waals surface area contributed by atoms with Gasteiger partial charge < -0.3 is 15.3 Å². The summed E-state index contributed by atoms with van der Waals surface area (Å²) < 4.78 is 0. The van der Waals surface area contributed by atoms with Crippen LogP contribution in [0.4, 0.5) is 5.82 Å². The lowest BCUT2D eigenvalue weighted by Gasteiger charge is -2.24. The zero-order valence-corrected chi connectivity index (χ0v) is 14.9. The van der Waals surface area contributed by atoms with Gasteiger partial charge in [0, 0.05) is 31.4 Å². The Hall–Kier alpha value is -2.06. The summed E-state index contributed by atoms with van der Waals surface area (Å²) in [4.78, 5) is 27.5. The third-order valence-electron chi connectivity index (χ3n) is 4.13. The van der Waals surface area contributed by atoms with Crippen LogP contribution in [-0.2, 0) is 0 Å². The Morgan fingerprint density at radius 1 is 1.42 bits per heavy atom. The van der Waals surface area contributed by atoms with Crippen LogP contribution in [0.5, 0.6) is 0 Å². The molecule has 1 unspecified atom stereocenters. The monoisotopic (exact) mass is 347 g/mol. The Balaban J connectivity index is 1.61. The number of aromatic nitrogens is 3. The summed E-state index contributed by atoms with van der Waals surface area (Å²) in [5, 5.41) is 14.5. The largest absolute Gasteiger partial charge is 0.386 e. The summed E-state index contributed by atoms with van der Waals surface area (Å²) >= 11 is 1.37. The molecule has 0 bridgehead atoms. The van der Waals surface area contributed by atoms with Crippen molar-refractivity contribution in [2.45, 2.75) is 32.8 Å². The molecule has 0 aliphatic carbocycles. The average molecular weight is 347 g/mol. The molecule has 1 fully saturated rings. The predicted molar refractivity (Wildman–Crippen MR) is 92.5 cm³/mol. The Bertz CT molecular complexity index is 763. The Labute approximate surface area is 144 Å². The smallest absolute Gasteiger partial charge is 0.263 e. The summed E-state index contributed by atoms with van der Waals surface area (Å²) in [6.07, 6.45) is 2.11. The fourth-order valence-electron chi connectivity index (χ4n) is 2.88. The van der Waals surface area contributed by atoms with Crippen LogP contribution in [0, 0.1) is 20.8 Å². The SMILES string of the molecule is Cc1cc(N2CCC(O)(CNC(=O)c3sc(C)nc3C)C2)ncn1. The molecule has 0 spiro atoms. The molecular weight excluding hydrogens is 326 g/mol. The molecule has 24 heavy (non-hydrogen) atoms. The van der Waals surface area contributed by atoms with Gasteiger partial charge in [0.15, 0.2) is 0 Å². The first-order valence-electron chi connectivity index (χ1n) is 7.84. The van der Waals surface area contributed by atoms with Gasteiger partial charge in [-0.3, -0.25) is 4.79 Å². The molecule has 1 amide bonds. The molecule has 2 aromatic heterocycles. The van der Waals surface area contributed by atoms with E-state index in [9.17, 15) is 9.90 Å². The van der Waals surface area contributed by atoms with E-state index >= 15 is 0 Å². The van der Waals surface area contributed by atoms with E-state index in [4.69, 9.17) is 0 Å². The number of hydrogen-bond acceptors (Lipinski definition) is 7. The fraction of sp³-hybridized carbons (Fsp3) is 0.500. The summed E-state index contributed by atoms with van der Waals surface area (Å²) in [5.74, 6) is 0.626. The number of carbonyl (C=O) groups is 1. The van der Waals surface area contributed by atoms with E-state index in [0.717, 1.165) is 22.2 Å². The number of carbonyl (C=O) groups excluding carboxylic acids is 1. The van der Waals surface area contributed by atoms with E-state index in [1.165, 1.54) is 17.7 Å². The predicted octanol–water partition coefficient (Wildman–Crippen LogP) is 1.23. The van der Waals surface area contributed by atoms with E-state index < -0.39 is 5.60 Å². The molecule has 8 heteroatoms. The molecule has 3 rings (SSSR count). The number of nitrogens with zero attached hydrogens (tertiary/aromatic N) is 4. The van der Waals surface area contributed by atoms with Crippen LogP contribution in [0.25, 0.3) is 0 Å². The second kappa shape index (κ2) is 6.45. The van der Waals surface area contributed by atoms with Crippen LogP contribution in [-0.4, -0.2) is 51.2 Å². The van der Waals surface area contributed by atoms with Gasteiger partial charge in [-0.1, -0.05) is 0 Å². The Morgan fingerprint density at radius 3 is 2.88 bits per heavy atom. The summed E-state index contributed by atoms with van der Waals surface area (Å²) in [6, 6.07) is 1.90. The summed E-state index contributed by atoms with van der Waals surface area (Å²) in [5.41, 5.74) is 0.661. The highest BCUT2D eigenvalue weighted by molar-refractivity contribution is 7.13. The Morgan fingerprint density at radius 2 is 2.21 bits per heavy atom. The van der Waals surface area contributed by atoms with E-state index in [-0.39, 0.29) is 12.5 Å². The molecule has 0 radical (unpaired) electrons. The first-order valence-corrected chi connectivity index (χ1v) is 8.66. The van der Waals surface area contributed by atoms with Gasteiger partial charge in [0.1, 0.15) is 22.6 Å². The Kier molecular flexibility index (Phi) is 4.51. The third kappa shape index (κ3) is 3.54. The fourth-order valence-corrected chi connectivity index (χ4v) is 3.71. The maximum Gasteiger partial charge on any atom is 0.263 e. The minimum absolute atomic E-state index is 0.178. The van der Waals surface area contributed by atoms with Crippen LogP contribution in [0.2, 0.25) is 0 Å². The van der Waals surface area contributed by atoms with Crippen molar-refractivity contribution in [2.75, 3.05) is 24.5 Å². The van der Waals surface area contributed by atoms with Crippen LogP contribution in [0.1, 0.15) is 32.5 Å². The normalized spacial score (nSPS) is 20.4. The van der Waals surface area contributed by atoms with Crippen LogP contribution >= 0.6 is 11.3 Å². The van der Waals surface area contributed by atoms with E-state index in [1.54, 1.807) is 0 Å². The van der Waals surface area contributed by atoms with Gasteiger partial charge in [0.25, 0.3) is 5.91 Å². The molecule has 1 saturated heterocycles. The van der Waals surface area contributed by atoms with Crippen LogP contribution in [0.15, 0.2) is 12.4 Å². The topological polar surface area (TPSA) is 91.2 Å². The molecule has 1 aliphatic rings. The van der Waals surface area contributed by atoms with Gasteiger partial charge in [0.2, 0.25) is 0 Å². The van der Waals surface area contributed by atoms with Gasteiger partial charge in [-0.05, 0) is 27.2 Å². The number of anilines is 1. The maximum atomic E-state index is 12.3.